The van der Waals surface area contributed by atoms with Crippen LogP contribution in [0.3, 0.4) is 0 Å². The van der Waals surface area contributed by atoms with Gasteiger partial charge in [0.15, 0.2) is 5.13 Å². The molecular formula is C15H10IN3O3S2. The number of amides is 1. The first-order valence-electron chi connectivity index (χ1n) is 6.66. The third-order valence-electron chi connectivity index (χ3n) is 3.05. The second kappa shape index (κ2) is 6.95. The minimum absolute atomic E-state index is 0.159. The lowest BCUT2D eigenvalue weighted by Gasteiger charge is -2.02. The minimum Gasteiger partial charge on any atom is -0.298 e. The second-order valence-electron chi connectivity index (χ2n) is 4.67. The van der Waals surface area contributed by atoms with E-state index in [1.54, 1.807) is 6.20 Å². The fraction of sp³-hybridized carbons (Fsp3) is 0. The van der Waals surface area contributed by atoms with E-state index >= 15 is 0 Å². The van der Waals surface area contributed by atoms with Crippen LogP contribution < -0.4 is 5.32 Å². The number of anilines is 1. The Labute approximate surface area is 154 Å². The Morgan fingerprint density at radius 3 is 2.46 bits per heavy atom. The van der Waals surface area contributed by atoms with E-state index in [0.29, 0.717) is 16.4 Å². The molecule has 9 heteroatoms. The maximum atomic E-state index is 12.2. The first kappa shape index (κ1) is 17.0. The normalized spacial score (nSPS) is 11.2. The molecule has 0 unspecified atom stereocenters. The number of hydrogen-bond acceptors (Lipinski definition) is 6. The summed E-state index contributed by atoms with van der Waals surface area (Å²) in [5.74, 6) is -0.352. The van der Waals surface area contributed by atoms with Crippen LogP contribution in [-0.4, -0.2) is 24.3 Å². The van der Waals surface area contributed by atoms with Crippen LogP contribution in [0.5, 0.6) is 0 Å². The van der Waals surface area contributed by atoms with Gasteiger partial charge in [-0.2, -0.15) is 0 Å². The zero-order valence-corrected chi connectivity index (χ0v) is 15.8. The van der Waals surface area contributed by atoms with Crippen LogP contribution >= 0.6 is 32.5 Å². The molecule has 0 aliphatic rings. The van der Waals surface area contributed by atoms with E-state index in [1.165, 1.54) is 56.8 Å². The molecule has 2 heterocycles. The molecule has 0 fully saturated rings. The molecule has 2 aromatic heterocycles. The van der Waals surface area contributed by atoms with Gasteiger partial charge >= 0.3 is 0 Å². The smallest absolute Gasteiger partial charge is 0.257 e. The molecule has 1 amide bonds. The highest BCUT2D eigenvalue weighted by molar-refractivity contribution is 14.2. The van der Waals surface area contributed by atoms with Gasteiger partial charge in [-0.25, -0.2) is 13.4 Å². The van der Waals surface area contributed by atoms with Crippen molar-refractivity contribution in [3.63, 3.8) is 0 Å². The monoisotopic (exact) mass is 471 g/mol. The molecule has 24 heavy (non-hydrogen) atoms. The predicted molar refractivity (Wildman–Crippen MR) is 101 cm³/mol. The van der Waals surface area contributed by atoms with Gasteiger partial charge in [-0.15, -0.1) is 11.3 Å². The molecule has 3 rings (SSSR count). The second-order valence-corrected chi connectivity index (χ2v) is 10.4. The van der Waals surface area contributed by atoms with Gasteiger partial charge in [0.1, 0.15) is 5.69 Å². The van der Waals surface area contributed by atoms with Crippen LogP contribution in [0.15, 0.2) is 58.9 Å². The van der Waals surface area contributed by atoms with Crippen molar-refractivity contribution < 1.29 is 13.2 Å². The molecular weight excluding hydrogens is 461 g/mol. The topological polar surface area (TPSA) is 89.0 Å². The van der Waals surface area contributed by atoms with Crippen molar-refractivity contribution in [3.05, 3.63) is 59.6 Å². The lowest BCUT2D eigenvalue weighted by atomic mass is 10.2. The maximum Gasteiger partial charge on any atom is 0.257 e. The average Bonchev–Trinajstić information content (AvgIpc) is 3.03. The molecule has 0 spiro atoms. The van der Waals surface area contributed by atoms with Crippen LogP contribution in [0, 0.1) is 0 Å². The van der Waals surface area contributed by atoms with Gasteiger partial charge in [-0.3, -0.25) is 15.1 Å². The first-order valence-corrected chi connectivity index (χ1v) is 11.6. The summed E-state index contributed by atoms with van der Waals surface area (Å²) in [4.78, 5) is 20.9. The van der Waals surface area contributed by atoms with Crippen LogP contribution in [0.25, 0.3) is 11.4 Å². The summed E-state index contributed by atoms with van der Waals surface area (Å²) in [5, 5.41) is 4.96. The highest BCUT2D eigenvalue weighted by Gasteiger charge is 2.13. The first-order chi connectivity index (χ1) is 11.4. The fourth-order valence-corrected chi connectivity index (χ4v) is 3.94. The Morgan fingerprint density at radius 1 is 1.08 bits per heavy atom. The Balaban J connectivity index is 1.75. The number of pyridine rings is 1. The zero-order chi connectivity index (χ0) is 17.2. The number of hydrogen-bond donors (Lipinski definition) is 1. The van der Waals surface area contributed by atoms with Gasteiger partial charge in [0.05, 0.1) is 31.8 Å². The molecule has 1 aromatic carbocycles. The van der Waals surface area contributed by atoms with Crippen molar-refractivity contribution in [1.82, 2.24) is 9.97 Å². The number of nitrogens with zero attached hydrogens (tertiary/aromatic N) is 2. The molecule has 0 aliphatic carbocycles. The number of carbonyl (C=O) groups is 1. The van der Waals surface area contributed by atoms with Gasteiger partial charge in [0.25, 0.3) is 5.91 Å². The predicted octanol–water partition coefficient (Wildman–Crippen LogP) is 3.58. The van der Waals surface area contributed by atoms with Gasteiger partial charge in [0.2, 0.25) is 7.01 Å². The number of halogens is 1. The minimum atomic E-state index is -3.31. The Bertz CT molecular complexity index is 971. The van der Waals surface area contributed by atoms with E-state index in [2.05, 4.69) is 15.3 Å². The van der Waals surface area contributed by atoms with Gasteiger partial charge in [-0.1, -0.05) is 6.07 Å². The molecule has 3 aromatic rings. The molecule has 0 radical (unpaired) electrons. The van der Waals surface area contributed by atoms with Gasteiger partial charge in [-0.05, 0) is 36.4 Å². The van der Waals surface area contributed by atoms with Gasteiger partial charge in [0, 0.05) is 17.1 Å². The van der Waals surface area contributed by atoms with Crippen molar-refractivity contribution >= 4 is 50.6 Å². The SMILES string of the molecule is O=C(Nc1nc(-c2ccccn2)cs1)c1ccc(S(=O)(=O)I)cc1. The van der Waals surface area contributed by atoms with E-state index in [1.807, 2.05) is 23.6 Å². The van der Waals surface area contributed by atoms with Crippen LogP contribution in [-0.2, 0) is 7.01 Å². The Kier molecular flexibility index (Phi) is 4.92. The number of rotatable bonds is 4. The number of aromatic nitrogens is 2. The third kappa shape index (κ3) is 3.97. The van der Waals surface area contributed by atoms with E-state index in [0.717, 1.165) is 5.69 Å². The maximum absolute atomic E-state index is 12.2. The molecule has 0 saturated heterocycles. The summed E-state index contributed by atoms with van der Waals surface area (Å²) in [6, 6.07) is 11.3. The highest BCUT2D eigenvalue weighted by atomic mass is 127. The number of carbonyl (C=O) groups excluding carboxylic acids is 1. The van der Waals surface area contributed by atoms with Crippen molar-refractivity contribution in [2.45, 2.75) is 4.90 Å². The van der Waals surface area contributed by atoms with E-state index in [-0.39, 0.29) is 10.8 Å². The molecule has 0 aliphatic heterocycles. The molecule has 0 saturated carbocycles. The lowest BCUT2D eigenvalue weighted by Crippen LogP contribution is -2.11. The van der Waals surface area contributed by atoms with Gasteiger partial charge < -0.3 is 0 Å². The molecule has 122 valence electrons. The largest absolute Gasteiger partial charge is 0.298 e. The average molecular weight is 471 g/mol. The Morgan fingerprint density at radius 2 is 1.83 bits per heavy atom. The quantitative estimate of drug-likeness (QED) is 0.464. The van der Waals surface area contributed by atoms with E-state index < -0.39 is 7.01 Å². The molecule has 0 bridgehead atoms. The standard InChI is InChI=1S/C15H10IN3O3S2/c16-24(21,22)11-6-4-10(5-7-11)14(20)19-15-18-13(9-23-15)12-3-1-2-8-17-12/h1-9H,(H,18,19,20). The Hall–Kier alpha value is -1.85. The summed E-state index contributed by atoms with van der Waals surface area (Å²) in [6.45, 7) is 0. The van der Waals surface area contributed by atoms with Crippen molar-refractivity contribution in [2.24, 2.45) is 0 Å². The summed E-state index contributed by atoms with van der Waals surface area (Å²) >= 11 is 2.65. The summed E-state index contributed by atoms with van der Waals surface area (Å²) in [7, 11) is -3.31. The summed E-state index contributed by atoms with van der Waals surface area (Å²) in [5.41, 5.74) is 1.77. The summed E-state index contributed by atoms with van der Waals surface area (Å²) < 4.78 is 22.8. The van der Waals surface area contributed by atoms with Crippen molar-refractivity contribution in [2.75, 3.05) is 5.32 Å². The summed E-state index contributed by atoms with van der Waals surface area (Å²) in [6.07, 6.45) is 1.68. The fourth-order valence-electron chi connectivity index (χ4n) is 1.90. The van der Waals surface area contributed by atoms with E-state index in [9.17, 15) is 13.2 Å². The highest BCUT2D eigenvalue weighted by Crippen LogP contribution is 2.24. The number of benzene rings is 1. The van der Waals surface area contributed by atoms with Crippen LogP contribution in [0.2, 0.25) is 0 Å². The van der Waals surface area contributed by atoms with Crippen LogP contribution in [0.4, 0.5) is 5.13 Å². The third-order valence-corrected chi connectivity index (χ3v) is 6.17. The van der Waals surface area contributed by atoms with Crippen molar-refractivity contribution in [3.8, 4) is 11.4 Å². The van der Waals surface area contributed by atoms with Crippen molar-refractivity contribution in [1.29, 1.82) is 0 Å². The molecule has 6 nitrogen and oxygen atoms in total. The lowest BCUT2D eigenvalue weighted by molar-refractivity contribution is 0.102. The van der Waals surface area contributed by atoms with Crippen LogP contribution in [0.1, 0.15) is 10.4 Å². The number of nitrogens with one attached hydrogen (secondary N) is 1. The zero-order valence-electron chi connectivity index (χ0n) is 12.0. The van der Waals surface area contributed by atoms with E-state index in [4.69, 9.17) is 0 Å². The molecule has 0 atom stereocenters. The molecule has 1 N–H and O–H groups in total. The number of thiazole rings is 1.